The largest absolute Gasteiger partial charge is 0.385 e. The maximum Gasteiger partial charge on any atom is 0.138 e. The molecule has 1 heterocycles. The first-order valence-corrected chi connectivity index (χ1v) is 6.10. The Morgan fingerprint density at radius 1 is 1.44 bits per heavy atom. The van der Waals surface area contributed by atoms with Crippen molar-refractivity contribution in [2.24, 2.45) is 5.73 Å². The van der Waals surface area contributed by atoms with Gasteiger partial charge in [-0.25, -0.2) is 4.98 Å². The molecular weight excluding hydrogens is 230 g/mol. The fourth-order valence-electron chi connectivity index (χ4n) is 2.05. The van der Waals surface area contributed by atoms with E-state index in [1.807, 2.05) is 28.8 Å². The third-order valence-corrected chi connectivity index (χ3v) is 2.94. The molecule has 5 nitrogen and oxygen atoms in total. The highest BCUT2D eigenvalue weighted by molar-refractivity contribution is 5.76. The summed E-state index contributed by atoms with van der Waals surface area (Å²) in [6.07, 6.45) is -0.115. The topological polar surface area (TPSA) is 73.3 Å². The Hall–Kier alpha value is -1.43. The maximum atomic E-state index is 10.1. The lowest BCUT2D eigenvalue weighted by atomic mass is 10.2. The lowest BCUT2D eigenvalue weighted by Gasteiger charge is -2.12. The number of aliphatic hydroxyl groups is 1. The zero-order chi connectivity index (χ0) is 13.0. The SMILES string of the molecule is COCCn1c(C(O)CCN)nc2ccccc21. The van der Waals surface area contributed by atoms with Gasteiger partial charge in [0, 0.05) is 13.7 Å². The molecule has 1 atom stereocenters. The average Bonchev–Trinajstić information content (AvgIpc) is 2.75. The molecule has 0 bridgehead atoms. The normalized spacial score (nSPS) is 13.1. The van der Waals surface area contributed by atoms with E-state index in [9.17, 15) is 5.11 Å². The highest BCUT2D eigenvalue weighted by Crippen LogP contribution is 2.22. The van der Waals surface area contributed by atoms with E-state index < -0.39 is 6.10 Å². The molecule has 0 radical (unpaired) electrons. The zero-order valence-electron chi connectivity index (χ0n) is 10.5. The number of aliphatic hydroxyl groups excluding tert-OH is 1. The van der Waals surface area contributed by atoms with E-state index in [1.54, 1.807) is 7.11 Å². The number of para-hydroxylation sites is 2. The standard InChI is InChI=1S/C13H19N3O2/c1-18-9-8-16-11-5-3-2-4-10(11)15-13(16)12(17)6-7-14/h2-5,12,17H,6-9,14H2,1H3. The van der Waals surface area contributed by atoms with Gasteiger partial charge in [0.2, 0.25) is 0 Å². The molecule has 0 spiro atoms. The van der Waals surface area contributed by atoms with Gasteiger partial charge in [0.05, 0.1) is 17.6 Å². The Labute approximate surface area is 106 Å². The number of rotatable bonds is 6. The number of benzene rings is 1. The monoisotopic (exact) mass is 249 g/mol. The molecule has 5 heteroatoms. The van der Waals surface area contributed by atoms with E-state index in [0.29, 0.717) is 31.9 Å². The molecule has 2 rings (SSSR count). The maximum absolute atomic E-state index is 10.1. The highest BCUT2D eigenvalue weighted by atomic mass is 16.5. The molecule has 0 amide bonds. The van der Waals surface area contributed by atoms with Crippen molar-refractivity contribution in [1.29, 1.82) is 0 Å². The minimum atomic E-state index is -0.626. The third-order valence-electron chi connectivity index (χ3n) is 2.94. The Morgan fingerprint density at radius 2 is 2.22 bits per heavy atom. The number of hydrogen-bond acceptors (Lipinski definition) is 4. The summed E-state index contributed by atoms with van der Waals surface area (Å²) in [5.74, 6) is 0.665. The fourth-order valence-corrected chi connectivity index (χ4v) is 2.05. The average molecular weight is 249 g/mol. The van der Waals surface area contributed by atoms with Crippen LogP contribution in [0.3, 0.4) is 0 Å². The van der Waals surface area contributed by atoms with E-state index >= 15 is 0 Å². The summed E-state index contributed by atoms with van der Waals surface area (Å²) in [6, 6.07) is 7.84. The summed E-state index contributed by atoms with van der Waals surface area (Å²) < 4.78 is 7.10. The van der Waals surface area contributed by atoms with E-state index in [-0.39, 0.29) is 0 Å². The first kappa shape index (κ1) is 13.0. The predicted molar refractivity (Wildman–Crippen MR) is 70.2 cm³/mol. The predicted octanol–water partition coefficient (Wildman–Crippen LogP) is 1.06. The van der Waals surface area contributed by atoms with Crippen molar-refractivity contribution in [2.75, 3.05) is 20.3 Å². The van der Waals surface area contributed by atoms with Gasteiger partial charge in [-0.1, -0.05) is 12.1 Å². The summed E-state index contributed by atoms with van der Waals surface area (Å²) >= 11 is 0. The van der Waals surface area contributed by atoms with Crippen LogP contribution in [0, 0.1) is 0 Å². The number of nitrogens with zero attached hydrogens (tertiary/aromatic N) is 2. The van der Waals surface area contributed by atoms with Gasteiger partial charge in [0.25, 0.3) is 0 Å². The van der Waals surface area contributed by atoms with Crippen molar-refractivity contribution >= 4 is 11.0 Å². The lowest BCUT2D eigenvalue weighted by molar-refractivity contribution is 0.148. The van der Waals surface area contributed by atoms with Crippen molar-refractivity contribution in [1.82, 2.24) is 9.55 Å². The van der Waals surface area contributed by atoms with Crippen LogP contribution in [-0.4, -0.2) is 34.9 Å². The van der Waals surface area contributed by atoms with E-state index in [2.05, 4.69) is 4.98 Å². The van der Waals surface area contributed by atoms with Crippen molar-refractivity contribution < 1.29 is 9.84 Å². The molecule has 0 saturated carbocycles. The van der Waals surface area contributed by atoms with Crippen molar-refractivity contribution in [3.63, 3.8) is 0 Å². The van der Waals surface area contributed by atoms with Crippen LogP contribution in [0.4, 0.5) is 0 Å². The van der Waals surface area contributed by atoms with E-state index in [1.165, 1.54) is 0 Å². The molecular formula is C13H19N3O2. The minimum absolute atomic E-state index is 0.439. The van der Waals surface area contributed by atoms with Crippen LogP contribution >= 0.6 is 0 Å². The zero-order valence-corrected chi connectivity index (χ0v) is 10.5. The van der Waals surface area contributed by atoms with Crippen LogP contribution < -0.4 is 5.73 Å². The van der Waals surface area contributed by atoms with E-state index in [4.69, 9.17) is 10.5 Å². The Morgan fingerprint density at radius 3 is 2.94 bits per heavy atom. The number of methoxy groups -OCH3 is 1. The minimum Gasteiger partial charge on any atom is -0.385 e. The molecule has 0 fully saturated rings. The Kier molecular flexibility index (Phi) is 4.30. The van der Waals surface area contributed by atoms with Crippen molar-refractivity contribution in [3.05, 3.63) is 30.1 Å². The summed E-state index contributed by atoms with van der Waals surface area (Å²) in [5.41, 5.74) is 7.39. The van der Waals surface area contributed by atoms with Crippen LogP contribution in [0.5, 0.6) is 0 Å². The van der Waals surface area contributed by atoms with Crippen LogP contribution in [0.1, 0.15) is 18.3 Å². The molecule has 0 aliphatic rings. The number of nitrogens with two attached hydrogens (primary N) is 1. The molecule has 1 aromatic carbocycles. The van der Waals surface area contributed by atoms with E-state index in [0.717, 1.165) is 11.0 Å². The number of fused-ring (bicyclic) bond motifs is 1. The molecule has 0 aliphatic carbocycles. The van der Waals surface area contributed by atoms with Gasteiger partial charge >= 0.3 is 0 Å². The summed E-state index contributed by atoms with van der Waals surface area (Å²) in [7, 11) is 1.66. The Bertz CT molecular complexity index is 510. The van der Waals surface area contributed by atoms with Gasteiger partial charge < -0.3 is 20.1 Å². The molecule has 18 heavy (non-hydrogen) atoms. The van der Waals surface area contributed by atoms with Crippen molar-refractivity contribution in [2.45, 2.75) is 19.1 Å². The van der Waals surface area contributed by atoms with Gasteiger partial charge in [-0.2, -0.15) is 0 Å². The van der Waals surface area contributed by atoms with Crippen molar-refractivity contribution in [3.8, 4) is 0 Å². The van der Waals surface area contributed by atoms with Crippen LogP contribution in [0.25, 0.3) is 11.0 Å². The number of hydrogen-bond donors (Lipinski definition) is 2. The molecule has 98 valence electrons. The van der Waals surface area contributed by atoms with Crippen LogP contribution in [-0.2, 0) is 11.3 Å². The quantitative estimate of drug-likeness (QED) is 0.803. The first-order valence-electron chi connectivity index (χ1n) is 6.10. The Balaban J connectivity index is 2.42. The lowest BCUT2D eigenvalue weighted by Crippen LogP contribution is -2.14. The van der Waals surface area contributed by atoms with Gasteiger partial charge in [-0.15, -0.1) is 0 Å². The van der Waals surface area contributed by atoms with Gasteiger partial charge in [-0.3, -0.25) is 0 Å². The van der Waals surface area contributed by atoms with Crippen LogP contribution in [0.2, 0.25) is 0 Å². The highest BCUT2D eigenvalue weighted by Gasteiger charge is 2.16. The second-order valence-corrected chi connectivity index (χ2v) is 4.20. The second kappa shape index (κ2) is 5.95. The number of aromatic nitrogens is 2. The molecule has 1 aromatic heterocycles. The first-order chi connectivity index (χ1) is 8.77. The summed E-state index contributed by atoms with van der Waals surface area (Å²) in [6.45, 7) is 1.70. The smallest absolute Gasteiger partial charge is 0.138 e. The molecule has 2 aromatic rings. The second-order valence-electron chi connectivity index (χ2n) is 4.20. The van der Waals surface area contributed by atoms with Gasteiger partial charge in [-0.05, 0) is 25.1 Å². The number of imidazole rings is 1. The number of ether oxygens (including phenoxy) is 1. The summed E-state index contributed by atoms with van der Waals surface area (Å²) in [4.78, 5) is 4.49. The van der Waals surface area contributed by atoms with Gasteiger partial charge in [0.15, 0.2) is 0 Å². The fraction of sp³-hybridized carbons (Fsp3) is 0.462. The molecule has 0 saturated heterocycles. The van der Waals surface area contributed by atoms with Gasteiger partial charge in [0.1, 0.15) is 11.9 Å². The third kappa shape index (κ3) is 2.53. The summed E-state index contributed by atoms with van der Waals surface area (Å²) in [5, 5.41) is 10.1. The van der Waals surface area contributed by atoms with Crippen LogP contribution in [0.15, 0.2) is 24.3 Å². The molecule has 1 unspecified atom stereocenters. The molecule has 0 aliphatic heterocycles. The molecule has 3 N–H and O–H groups in total.